The summed E-state index contributed by atoms with van der Waals surface area (Å²) in [6, 6.07) is 5.26. The van der Waals surface area contributed by atoms with Gasteiger partial charge in [0.05, 0.1) is 6.42 Å². The number of hydrogen-bond donors (Lipinski definition) is 1. The average Bonchev–Trinajstić information content (AvgIpc) is 2.10. The zero-order chi connectivity index (χ0) is 11.4. The van der Waals surface area contributed by atoms with Crippen molar-refractivity contribution < 1.29 is 14.6 Å². The van der Waals surface area contributed by atoms with E-state index in [2.05, 4.69) is 0 Å². The summed E-state index contributed by atoms with van der Waals surface area (Å²) in [6.07, 6.45) is -0.357. The van der Waals surface area contributed by atoms with Crippen molar-refractivity contribution in [2.75, 3.05) is 0 Å². The molecular formula is C11H13ClO3. The fraction of sp³-hybridized carbons (Fsp3) is 0.364. The van der Waals surface area contributed by atoms with Crippen LogP contribution in [0.1, 0.15) is 18.9 Å². The molecule has 0 aliphatic heterocycles. The van der Waals surface area contributed by atoms with Gasteiger partial charge in [0.2, 0.25) is 0 Å². The minimum atomic E-state index is -0.867. The van der Waals surface area contributed by atoms with Crippen molar-refractivity contribution in [2.24, 2.45) is 0 Å². The van der Waals surface area contributed by atoms with Crippen LogP contribution in [0, 0.1) is 6.92 Å². The van der Waals surface area contributed by atoms with Crippen LogP contribution in [0.15, 0.2) is 18.2 Å². The fourth-order valence-electron chi connectivity index (χ4n) is 1.21. The van der Waals surface area contributed by atoms with E-state index in [-0.39, 0.29) is 12.5 Å². The molecule has 4 heteroatoms. The van der Waals surface area contributed by atoms with Gasteiger partial charge in [-0.3, -0.25) is 4.79 Å². The van der Waals surface area contributed by atoms with Crippen LogP contribution in [0.2, 0.25) is 5.02 Å². The molecule has 1 atom stereocenters. The van der Waals surface area contributed by atoms with E-state index in [4.69, 9.17) is 21.4 Å². The number of carbonyl (C=O) groups is 1. The number of aliphatic carboxylic acids is 1. The number of hydrogen-bond acceptors (Lipinski definition) is 2. The molecule has 0 saturated heterocycles. The van der Waals surface area contributed by atoms with Gasteiger partial charge in [-0.05, 0) is 37.6 Å². The van der Waals surface area contributed by atoms with Crippen LogP contribution in [0.25, 0.3) is 0 Å². The third kappa shape index (κ3) is 3.80. The van der Waals surface area contributed by atoms with E-state index < -0.39 is 5.97 Å². The largest absolute Gasteiger partial charge is 0.490 e. The number of carboxylic acids is 1. The van der Waals surface area contributed by atoms with Crippen molar-refractivity contribution in [3.8, 4) is 5.75 Å². The van der Waals surface area contributed by atoms with Gasteiger partial charge in [-0.2, -0.15) is 0 Å². The molecule has 0 aliphatic rings. The van der Waals surface area contributed by atoms with E-state index in [9.17, 15) is 4.79 Å². The van der Waals surface area contributed by atoms with Crippen molar-refractivity contribution in [3.63, 3.8) is 0 Å². The topological polar surface area (TPSA) is 46.5 Å². The maximum Gasteiger partial charge on any atom is 0.307 e. The van der Waals surface area contributed by atoms with Gasteiger partial charge in [-0.25, -0.2) is 0 Å². The van der Waals surface area contributed by atoms with Gasteiger partial charge in [0.25, 0.3) is 0 Å². The SMILES string of the molecule is Cc1cc(O[C@@H](C)CC(=O)O)ccc1Cl. The molecule has 1 aromatic rings. The number of carboxylic acid groups (broad SMARTS) is 1. The van der Waals surface area contributed by atoms with E-state index in [1.807, 2.05) is 6.92 Å². The van der Waals surface area contributed by atoms with E-state index in [1.165, 1.54) is 0 Å². The monoisotopic (exact) mass is 228 g/mol. The summed E-state index contributed by atoms with van der Waals surface area (Å²) in [6.45, 7) is 3.59. The van der Waals surface area contributed by atoms with Gasteiger partial charge in [0, 0.05) is 5.02 Å². The minimum Gasteiger partial charge on any atom is -0.490 e. The molecule has 0 saturated carbocycles. The molecule has 0 aromatic heterocycles. The Hall–Kier alpha value is -1.22. The zero-order valence-corrected chi connectivity index (χ0v) is 9.41. The summed E-state index contributed by atoms with van der Waals surface area (Å²) < 4.78 is 5.42. The molecule has 15 heavy (non-hydrogen) atoms. The molecule has 1 N–H and O–H groups in total. The second-order valence-corrected chi connectivity index (χ2v) is 3.84. The molecule has 0 heterocycles. The van der Waals surface area contributed by atoms with Crippen molar-refractivity contribution in [1.29, 1.82) is 0 Å². The maximum atomic E-state index is 10.4. The van der Waals surface area contributed by atoms with E-state index in [0.717, 1.165) is 5.56 Å². The highest BCUT2D eigenvalue weighted by atomic mass is 35.5. The Morgan fingerprint density at radius 3 is 2.80 bits per heavy atom. The average molecular weight is 229 g/mol. The first kappa shape index (κ1) is 11.9. The zero-order valence-electron chi connectivity index (χ0n) is 8.66. The lowest BCUT2D eigenvalue weighted by molar-refractivity contribution is -0.138. The first-order valence-corrected chi connectivity index (χ1v) is 5.01. The molecule has 1 aromatic carbocycles. The quantitative estimate of drug-likeness (QED) is 0.862. The number of aryl methyl sites for hydroxylation is 1. The number of benzene rings is 1. The van der Waals surface area contributed by atoms with Crippen LogP contribution in [-0.4, -0.2) is 17.2 Å². The Bertz CT molecular complexity index is 363. The normalized spacial score (nSPS) is 12.2. The van der Waals surface area contributed by atoms with Crippen molar-refractivity contribution in [2.45, 2.75) is 26.4 Å². The van der Waals surface area contributed by atoms with Crippen molar-refractivity contribution in [3.05, 3.63) is 28.8 Å². The lowest BCUT2D eigenvalue weighted by Gasteiger charge is -2.13. The maximum absolute atomic E-state index is 10.4. The summed E-state index contributed by atoms with van der Waals surface area (Å²) in [5.74, 6) is -0.223. The van der Waals surface area contributed by atoms with Gasteiger partial charge in [-0.15, -0.1) is 0 Å². The Morgan fingerprint density at radius 1 is 1.60 bits per heavy atom. The standard InChI is InChI=1S/C11H13ClO3/c1-7-5-9(3-4-10(7)12)15-8(2)6-11(13)14/h3-5,8H,6H2,1-2H3,(H,13,14)/t8-/m0/s1. The predicted octanol–water partition coefficient (Wildman–Crippen LogP) is 2.89. The van der Waals surface area contributed by atoms with Crippen LogP contribution in [0.4, 0.5) is 0 Å². The Kier molecular flexibility index (Phi) is 3.97. The molecule has 0 aliphatic carbocycles. The third-order valence-corrected chi connectivity index (χ3v) is 2.35. The van der Waals surface area contributed by atoms with Crippen LogP contribution < -0.4 is 4.74 Å². The Morgan fingerprint density at radius 2 is 2.27 bits per heavy atom. The molecule has 0 bridgehead atoms. The van der Waals surface area contributed by atoms with Gasteiger partial charge < -0.3 is 9.84 Å². The lowest BCUT2D eigenvalue weighted by Crippen LogP contribution is -2.16. The van der Waals surface area contributed by atoms with E-state index in [0.29, 0.717) is 10.8 Å². The van der Waals surface area contributed by atoms with Gasteiger partial charge in [0.15, 0.2) is 0 Å². The molecule has 0 spiro atoms. The molecule has 0 unspecified atom stereocenters. The molecule has 82 valence electrons. The van der Waals surface area contributed by atoms with Crippen molar-refractivity contribution >= 4 is 17.6 Å². The highest BCUT2D eigenvalue weighted by Gasteiger charge is 2.09. The van der Waals surface area contributed by atoms with Crippen LogP contribution in [-0.2, 0) is 4.79 Å². The van der Waals surface area contributed by atoms with E-state index in [1.54, 1.807) is 25.1 Å². The molecule has 1 rings (SSSR count). The predicted molar refractivity (Wildman–Crippen MR) is 58.5 cm³/mol. The highest BCUT2D eigenvalue weighted by Crippen LogP contribution is 2.22. The summed E-state index contributed by atoms with van der Waals surface area (Å²) in [7, 11) is 0. The third-order valence-electron chi connectivity index (χ3n) is 1.93. The smallest absolute Gasteiger partial charge is 0.307 e. The summed E-state index contributed by atoms with van der Waals surface area (Å²) >= 11 is 5.85. The molecule has 3 nitrogen and oxygen atoms in total. The number of halogens is 1. The Labute approximate surface area is 93.6 Å². The first-order chi connectivity index (χ1) is 6.99. The van der Waals surface area contributed by atoms with Crippen LogP contribution in [0.5, 0.6) is 5.75 Å². The van der Waals surface area contributed by atoms with Crippen LogP contribution in [0.3, 0.4) is 0 Å². The molecule has 0 radical (unpaired) electrons. The second kappa shape index (κ2) is 5.03. The molecule has 0 fully saturated rings. The number of rotatable bonds is 4. The van der Waals surface area contributed by atoms with Crippen LogP contribution >= 0.6 is 11.6 Å². The van der Waals surface area contributed by atoms with Gasteiger partial charge in [-0.1, -0.05) is 11.6 Å². The fourth-order valence-corrected chi connectivity index (χ4v) is 1.33. The summed E-state index contributed by atoms with van der Waals surface area (Å²) in [5.41, 5.74) is 0.914. The Balaban J connectivity index is 2.64. The lowest BCUT2D eigenvalue weighted by atomic mass is 10.2. The number of ether oxygens (including phenoxy) is 1. The first-order valence-electron chi connectivity index (χ1n) is 4.63. The highest BCUT2D eigenvalue weighted by molar-refractivity contribution is 6.31. The summed E-state index contributed by atoms with van der Waals surface area (Å²) in [4.78, 5) is 10.4. The molecule has 0 amide bonds. The van der Waals surface area contributed by atoms with Crippen molar-refractivity contribution in [1.82, 2.24) is 0 Å². The van der Waals surface area contributed by atoms with Gasteiger partial charge in [0.1, 0.15) is 11.9 Å². The minimum absolute atomic E-state index is 0.0122. The second-order valence-electron chi connectivity index (χ2n) is 3.44. The van der Waals surface area contributed by atoms with E-state index >= 15 is 0 Å². The van der Waals surface area contributed by atoms with Gasteiger partial charge >= 0.3 is 5.97 Å². The molecular weight excluding hydrogens is 216 g/mol. The summed E-state index contributed by atoms with van der Waals surface area (Å²) in [5, 5.41) is 9.23.